The van der Waals surface area contributed by atoms with Crippen molar-refractivity contribution in [3.63, 3.8) is 0 Å². The first-order valence-corrected chi connectivity index (χ1v) is 6.32. The molecule has 0 aliphatic heterocycles. The molecule has 0 saturated heterocycles. The molecule has 2 aliphatic carbocycles. The second kappa shape index (κ2) is 4.55. The van der Waals surface area contributed by atoms with Crippen LogP contribution in [0.5, 0.6) is 0 Å². The molecule has 80 valence electrons. The van der Waals surface area contributed by atoms with Crippen molar-refractivity contribution in [2.45, 2.75) is 25.7 Å². The van der Waals surface area contributed by atoms with E-state index in [0.29, 0.717) is 12.5 Å². The maximum atomic E-state index is 10.3. The molecule has 3 nitrogen and oxygen atoms in total. The summed E-state index contributed by atoms with van der Waals surface area (Å²) in [5, 5.41) is 0. The maximum Gasteiger partial charge on any atom is 0.0181 e. The lowest BCUT2D eigenvalue weighted by Gasteiger charge is -2.17. The first-order valence-electron chi connectivity index (χ1n) is 5.25. The molecule has 0 aromatic heterocycles. The molecule has 2 aliphatic rings. The Balaban J connectivity index is 1.77. The number of hydrogen-bond donors (Lipinski definition) is 1. The lowest BCUT2D eigenvalue weighted by Crippen LogP contribution is -2.21. The summed E-state index contributed by atoms with van der Waals surface area (Å²) in [5.41, 5.74) is 0. The summed E-state index contributed by atoms with van der Waals surface area (Å²) in [4.78, 5) is 0. The molecule has 0 aromatic carbocycles. The van der Waals surface area contributed by atoms with E-state index in [2.05, 4.69) is 16.9 Å². The number of fused-ring (bicyclic) bond motifs is 2. The average Bonchev–Trinajstić information content (AvgIpc) is 2.41. The van der Waals surface area contributed by atoms with Gasteiger partial charge in [-0.3, -0.25) is 4.21 Å². The number of allylic oxidation sites excluding steroid dienone is 2. The van der Waals surface area contributed by atoms with Gasteiger partial charge in [-0.05, 0) is 43.4 Å². The highest BCUT2D eigenvalue weighted by atomic mass is 32.2. The Kier molecular flexibility index (Phi) is 3.36. The molecule has 4 heteroatoms. The fourth-order valence-corrected chi connectivity index (χ4v) is 3.09. The summed E-state index contributed by atoms with van der Waals surface area (Å²) in [7, 11) is 0. The third-order valence-electron chi connectivity index (χ3n) is 3.43. The molecule has 14 heavy (non-hydrogen) atoms. The zero-order valence-electron chi connectivity index (χ0n) is 8.15. The smallest absolute Gasteiger partial charge is 0.0181 e. The monoisotopic (exact) mass is 214 g/mol. The third-order valence-corrected chi connectivity index (χ3v) is 3.87. The van der Waals surface area contributed by atoms with E-state index in [1.807, 2.05) is 0 Å². The average molecular weight is 214 g/mol. The number of rotatable bonds is 4. The molecule has 1 fully saturated rings. The Morgan fingerprint density at radius 3 is 3.07 bits per heavy atom. The zero-order chi connectivity index (χ0) is 9.97. The van der Waals surface area contributed by atoms with E-state index in [0.717, 1.165) is 18.3 Å². The molecular weight excluding hydrogens is 198 g/mol. The molecule has 0 heterocycles. The van der Waals surface area contributed by atoms with Crippen LogP contribution in [0.3, 0.4) is 0 Å². The summed E-state index contributed by atoms with van der Waals surface area (Å²) >= 11 is -2.09. The van der Waals surface area contributed by atoms with Crippen molar-refractivity contribution in [1.29, 1.82) is 0 Å². The van der Waals surface area contributed by atoms with Gasteiger partial charge < -0.3 is 4.55 Å². The Morgan fingerprint density at radius 2 is 2.36 bits per heavy atom. The molecule has 1 N–H and O–H groups in total. The van der Waals surface area contributed by atoms with Crippen molar-refractivity contribution >= 4 is 11.3 Å². The molecule has 2 bridgehead atoms. The highest BCUT2D eigenvalue weighted by molar-refractivity contribution is 7.77. The fourth-order valence-electron chi connectivity index (χ4n) is 2.81. The normalized spacial score (nSPS) is 37.4. The van der Waals surface area contributed by atoms with Crippen LogP contribution in [0.4, 0.5) is 0 Å². The van der Waals surface area contributed by atoms with E-state index < -0.39 is 11.3 Å². The van der Waals surface area contributed by atoms with Gasteiger partial charge >= 0.3 is 0 Å². The van der Waals surface area contributed by atoms with Crippen molar-refractivity contribution in [1.82, 2.24) is 4.72 Å². The van der Waals surface area contributed by atoms with Crippen molar-refractivity contribution in [3.05, 3.63) is 12.2 Å². The van der Waals surface area contributed by atoms with Crippen LogP contribution in [0.25, 0.3) is 0 Å². The first kappa shape index (κ1) is 10.3. The topological polar surface area (TPSA) is 52.2 Å². The molecule has 0 spiro atoms. The zero-order valence-corrected chi connectivity index (χ0v) is 8.96. The highest BCUT2D eigenvalue weighted by Crippen LogP contribution is 2.43. The van der Waals surface area contributed by atoms with Gasteiger partial charge in [0, 0.05) is 17.8 Å². The van der Waals surface area contributed by atoms with Crippen molar-refractivity contribution < 1.29 is 8.76 Å². The SMILES string of the molecule is O=S([O-])NCCC1CC2CC=CC1C2. The fraction of sp³-hybridized carbons (Fsp3) is 0.800. The van der Waals surface area contributed by atoms with Gasteiger partial charge in [0.05, 0.1) is 0 Å². The second-order valence-electron chi connectivity index (χ2n) is 4.34. The lowest BCUT2D eigenvalue weighted by atomic mass is 9.91. The minimum absolute atomic E-state index is 0.595. The number of nitrogens with one attached hydrogen (secondary N) is 1. The van der Waals surface area contributed by atoms with Crippen LogP contribution >= 0.6 is 0 Å². The summed E-state index contributed by atoms with van der Waals surface area (Å²) in [6.07, 6.45) is 9.43. The third kappa shape index (κ3) is 2.43. The van der Waals surface area contributed by atoms with Gasteiger partial charge in [-0.25, -0.2) is 4.72 Å². The largest absolute Gasteiger partial charge is 0.760 e. The molecule has 1 saturated carbocycles. The molecule has 0 aromatic rings. The van der Waals surface area contributed by atoms with Gasteiger partial charge in [-0.1, -0.05) is 12.2 Å². The predicted octanol–water partition coefficient (Wildman–Crippen LogP) is 1.36. The standard InChI is InChI=1S/C10H17NO2S/c12-14(13)11-5-4-10-7-8-2-1-3-9(10)6-8/h1,3,8-11H,2,4-7H2,(H,12,13)/p-1. The van der Waals surface area contributed by atoms with Crippen LogP contribution in [0, 0.1) is 17.8 Å². The Morgan fingerprint density at radius 1 is 1.50 bits per heavy atom. The van der Waals surface area contributed by atoms with Crippen LogP contribution < -0.4 is 4.72 Å². The van der Waals surface area contributed by atoms with E-state index >= 15 is 0 Å². The van der Waals surface area contributed by atoms with Crippen LogP contribution in [-0.4, -0.2) is 15.3 Å². The summed E-state index contributed by atoms with van der Waals surface area (Å²) in [6, 6.07) is 0. The van der Waals surface area contributed by atoms with Crippen LogP contribution in [0.1, 0.15) is 25.7 Å². The van der Waals surface area contributed by atoms with Gasteiger partial charge in [-0.15, -0.1) is 0 Å². The van der Waals surface area contributed by atoms with Crippen LogP contribution in [0.15, 0.2) is 12.2 Å². The van der Waals surface area contributed by atoms with E-state index in [4.69, 9.17) is 0 Å². The van der Waals surface area contributed by atoms with Crippen molar-refractivity contribution in [2.75, 3.05) is 6.54 Å². The van der Waals surface area contributed by atoms with E-state index in [1.165, 1.54) is 19.3 Å². The van der Waals surface area contributed by atoms with Gasteiger partial charge in [0.1, 0.15) is 0 Å². The van der Waals surface area contributed by atoms with Crippen LogP contribution in [0.2, 0.25) is 0 Å². The predicted molar refractivity (Wildman–Crippen MR) is 55.0 cm³/mol. The van der Waals surface area contributed by atoms with Crippen molar-refractivity contribution in [3.8, 4) is 0 Å². The molecule has 0 radical (unpaired) electrons. The van der Waals surface area contributed by atoms with Gasteiger partial charge in [0.15, 0.2) is 0 Å². The van der Waals surface area contributed by atoms with Gasteiger partial charge in [0.25, 0.3) is 0 Å². The van der Waals surface area contributed by atoms with Gasteiger partial charge in [-0.2, -0.15) is 0 Å². The Labute approximate surface area is 87.4 Å². The minimum atomic E-state index is -2.09. The Bertz CT molecular complexity index is 255. The molecule has 4 atom stereocenters. The van der Waals surface area contributed by atoms with Crippen LogP contribution in [-0.2, 0) is 11.3 Å². The molecule has 0 amide bonds. The summed E-state index contributed by atoms with van der Waals surface area (Å²) in [6.45, 7) is 0.595. The molecule has 2 rings (SSSR count). The quantitative estimate of drug-likeness (QED) is 0.567. The maximum absolute atomic E-state index is 10.3. The minimum Gasteiger partial charge on any atom is -0.760 e. The molecular formula is C10H16NO2S-. The summed E-state index contributed by atoms with van der Waals surface area (Å²) < 4.78 is 23.0. The number of hydrogen-bond acceptors (Lipinski definition) is 2. The Hall–Kier alpha value is -0.190. The second-order valence-corrected chi connectivity index (χ2v) is 5.10. The van der Waals surface area contributed by atoms with Gasteiger partial charge in [0.2, 0.25) is 0 Å². The molecule has 4 unspecified atom stereocenters. The van der Waals surface area contributed by atoms with E-state index in [-0.39, 0.29) is 0 Å². The lowest BCUT2D eigenvalue weighted by molar-refractivity contribution is 0.422. The highest BCUT2D eigenvalue weighted by Gasteiger charge is 2.33. The summed E-state index contributed by atoms with van der Waals surface area (Å²) in [5.74, 6) is 2.29. The van der Waals surface area contributed by atoms with E-state index in [9.17, 15) is 8.76 Å². The van der Waals surface area contributed by atoms with E-state index in [1.54, 1.807) is 0 Å². The first-order chi connectivity index (χ1) is 6.75. The van der Waals surface area contributed by atoms with Crippen molar-refractivity contribution in [2.24, 2.45) is 17.8 Å².